The number of carbonyl (C=O) groups is 2. The molecule has 0 spiro atoms. The van der Waals surface area contributed by atoms with E-state index in [1.807, 2.05) is 0 Å². The molecule has 0 aromatic rings. The molecule has 21 heavy (non-hydrogen) atoms. The molecule has 0 aromatic carbocycles. The van der Waals surface area contributed by atoms with Gasteiger partial charge in [0, 0.05) is 5.03 Å². The van der Waals surface area contributed by atoms with E-state index in [9.17, 15) is 19.8 Å². The molecule has 4 aliphatic carbocycles. The molecule has 11 heteroatoms. The van der Waals surface area contributed by atoms with Crippen molar-refractivity contribution in [3.8, 4) is 0 Å². The van der Waals surface area contributed by atoms with Crippen molar-refractivity contribution >= 4 is 93.1 Å². The molecule has 6 atom stereocenters. The lowest BCUT2D eigenvalue weighted by Gasteiger charge is -2.87. The number of alkyl halides is 6. The molecule has 0 radical (unpaired) electrons. The van der Waals surface area contributed by atoms with Gasteiger partial charge in [-0.3, -0.25) is 9.59 Å². The summed E-state index contributed by atoms with van der Waals surface area (Å²) in [6, 6.07) is 0. The maximum atomic E-state index is 11.6. The van der Waals surface area contributed by atoms with Gasteiger partial charge < -0.3 is 10.2 Å². The zero-order valence-corrected chi connectivity index (χ0v) is 14.7. The summed E-state index contributed by atoms with van der Waals surface area (Å²) in [5.74, 6) is -3.24. The van der Waals surface area contributed by atoms with Crippen molar-refractivity contribution in [1.82, 2.24) is 0 Å². The van der Waals surface area contributed by atoms with E-state index < -0.39 is 41.2 Å². The summed E-state index contributed by atoms with van der Waals surface area (Å²) in [4.78, 5) is 9.69. The molecule has 0 amide bonds. The van der Waals surface area contributed by atoms with Crippen LogP contribution in [0.15, 0.2) is 11.1 Å². The van der Waals surface area contributed by atoms with Crippen LogP contribution in [0, 0.1) is 0 Å². The summed E-state index contributed by atoms with van der Waals surface area (Å²) < 4.78 is 0. The van der Waals surface area contributed by atoms with Crippen molar-refractivity contribution in [3.63, 3.8) is 0 Å². The minimum atomic E-state index is -2.42. The minimum absolute atomic E-state index is 0.313. The number of carboxylic acids is 2. The highest BCUT2D eigenvalue weighted by Crippen LogP contribution is 2.92. The van der Waals surface area contributed by atoms with Gasteiger partial charge in [0.05, 0.1) is 0 Å². The predicted molar refractivity (Wildman–Crippen MR) is 80.7 cm³/mol. The average Bonchev–Trinajstić information content (AvgIpc) is 2.39. The Morgan fingerprint density at radius 1 is 0.857 bits per heavy atom. The van der Waals surface area contributed by atoms with Gasteiger partial charge >= 0.3 is 11.9 Å². The molecule has 2 saturated carbocycles. The van der Waals surface area contributed by atoms with Gasteiger partial charge in [0.2, 0.25) is 0 Å². The van der Waals surface area contributed by atoms with Crippen LogP contribution in [0.4, 0.5) is 0 Å². The molecule has 116 valence electrons. The number of rotatable bonds is 2. The van der Waals surface area contributed by atoms with Gasteiger partial charge in [0.25, 0.3) is 0 Å². The number of carboxylic acid groups (broad SMARTS) is 2. The highest BCUT2D eigenvalue weighted by molar-refractivity contribution is 6.70. The van der Waals surface area contributed by atoms with Gasteiger partial charge in [0.15, 0.2) is 9.75 Å². The monoisotopic (exact) mass is 432 g/mol. The molecule has 4 nitrogen and oxygen atoms in total. The van der Waals surface area contributed by atoms with Gasteiger partial charge in [-0.2, -0.15) is 0 Å². The van der Waals surface area contributed by atoms with Crippen molar-refractivity contribution in [1.29, 1.82) is 0 Å². The van der Waals surface area contributed by atoms with Crippen molar-refractivity contribution in [2.24, 2.45) is 0 Å². The fraction of sp³-hybridized carbons (Fsp3) is 0.600. The van der Waals surface area contributed by atoms with E-state index in [1.165, 1.54) is 0 Å². The first kappa shape index (κ1) is 16.6. The first-order valence-corrected chi connectivity index (χ1v) is 7.90. The Morgan fingerprint density at radius 2 is 1.29 bits per heavy atom. The number of hydrogen-bond donors (Lipinski definition) is 2. The first-order valence-electron chi connectivity index (χ1n) is 5.26. The van der Waals surface area contributed by atoms with Crippen LogP contribution in [0.5, 0.6) is 0 Å². The van der Waals surface area contributed by atoms with Gasteiger partial charge in [-0.1, -0.05) is 11.6 Å². The van der Waals surface area contributed by atoms with Crippen molar-refractivity contribution in [2.75, 3.05) is 0 Å². The molecule has 4 aliphatic rings. The average molecular weight is 435 g/mol. The highest BCUT2D eigenvalue weighted by atomic mass is 35.5. The Morgan fingerprint density at radius 3 is 1.67 bits per heavy atom. The maximum absolute atomic E-state index is 11.6. The Labute approximate surface area is 152 Å². The Bertz CT molecular complexity index is 668. The molecule has 4 rings (SSSR count). The normalized spacial score (nSPS) is 60.4. The van der Waals surface area contributed by atoms with E-state index in [1.54, 1.807) is 0 Å². The molecular formula is C10H3Cl7O4. The fourth-order valence-corrected chi connectivity index (χ4v) is 8.43. The van der Waals surface area contributed by atoms with E-state index in [0.717, 1.165) is 6.08 Å². The third-order valence-electron chi connectivity index (χ3n) is 4.62. The zero-order valence-electron chi connectivity index (χ0n) is 9.43. The SMILES string of the molecule is O=C(O)[C@@]1(Cl)[C@]2(Cl)C=C(Cl)[C@@]3(Cl)[C@](Cl)(C(=O)O)[C@@]2(Cl)[C@@]13Cl. The summed E-state index contributed by atoms with van der Waals surface area (Å²) in [7, 11) is 0. The number of allylic oxidation sites excluding steroid dienone is 2. The smallest absolute Gasteiger partial charge is 0.329 e. The summed E-state index contributed by atoms with van der Waals surface area (Å²) in [5, 5.41) is 18.5. The first-order chi connectivity index (χ1) is 9.26. The Balaban J connectivity index is 2.44. The van der Waals surface area contributed by atoms with Crippen LogP contribution < -0.4 is 0 Å². The summed E-state index contributed by atoms with van der Waals surface area (Å²) in [6.45, 7) is 0. The second-order valence-electron chi connectivity index (χ2n) is 5.11. The van der Waals surface area contributed by atoms with E-state index in [4.69, 9.17) is 81.2 Å². The van der Waals surface area contributed by atoms with Gasteiger partial charge in [0.1, 0.15) is 19.5 Å². The quantitative estimate of drug-likeness (QED) is 0.654. The molecule has 4 bridgehead atoms. The van der Waals surface area contributed by atoms with Crippen LogP contribution in [0.25, 0.3) is 0 Å². The maximum Gasteiger partial charge on any atom is 0.329 e. The van der Waals surface area contributed by atoms with E-state index in [2.05, 4.69) is 0 Å². The standard InChI is InChI=1S/C10H3Cl7O4/c11-2-1-5(12)7(14,3(18)19)10(17)6(2,13)8(15,4(20)21)9(5,10)16/h1H,(H,18,19)(H,20,21)/t5-,6-,7-,8-,9-,10+/m1/s1. The molecule has 2 fully saturated rings. The third kappa shape index (κ3) is 0.964. The van der Waals surface area contributed by atoms with Crippen molar-refractivity contribution in [2.45, 2.75) is 29.2 Å². The van der Waals surface area contributed by atoms with Gasteiger partial charge in [-0.15, -0.1) is 69.6 Å². The second-order valence-corrected chi connectivity index (χ2v) is 8.94. The number of aliphatic carboxylic acids is 2. The zero-order chi connectivity index (χ0) is 16.4. The van der Waals surface area contributed by atoms with Crippen LogP contribution in [0.1, 0.15) is 0 Å². The summed E-state index contributed by atoms with van der Waals surface area (Å²) >= 11 is 43.3. The molecular weight excluding hydrogens is 432 g/mol. The largest absolute Gasteiger partial charge is 0.480 e. The minimum Gasteiger partial charge on any atom is -0.480 e. The molecule has 2 N–H and O–H groups in total. The van der Waals surface area contributed by atoms with Crippen LogP contribution in [-0.4, -0.2) is 51.4 Å². The van der Waals surface area contributed by atoms with Gasteiger partial charge in [-0.05, 0) is 6.08 Å². The van der Waals surface area contributed by atoms with Crippen LogP contribution in [-0.2, 0) is 9.59 Å². The lowest BCUT2D eigenvalue weighted by Crippen LogP contribution is -3.11. The molecule has 0 saturated heterocycles. The van der Waals surface area contributed by atoms with Gasteiger partial charge in [-0.25, -0.2) is 0 Å². The molecule has 0 aromatic heterocycles. The number of hydrogen-bond acceptors (Lipinski definition) is 2. The topological polar surface area (TPSA) is 74.6 Å². The van der Waals surface area contributed by atoms with E-state index in [0.29, 0.717) is 0 Å². The van der Waals surface area contributed by atoms with E-state index >= 15 is 0 Å². The van der Waals surface area contributed by atoms with E-state index in [-0.39, 0.29) is 5.03 Å². The highest BCUT2D eigenvalue weighted by Gasteiger charge is 3.12. The second kappa shape index (κ2) is 3.69. The van der Waals surface area contributed by atoms with Crippen molar-refractivity contribution < 1.29 is 19.8 Å². The lowest BCUT2D eigenvalue weighted by molar-refractivity contribution is -0.172. The fourth-order valence-electron chi connectivity index (χ4n) is 3.69. The van der Waals surface area contributed by atoms with Crippen LogP contribution in [0.3, 0.4) is 0 Å². The Kier molecular flexibility index (Phi) is 2.91. The summed E-state index contributed by atoms with van der Waals surface area (Å²) in [5.41, 5.74) is 0. The molecule has 0 unspecified atom stereocenters. The predicted octanol–water partition coefficient (Wildman–Crippen LogP) is 3.18. The third-order valence-corrected chi connectivity index (χ3v) is 10.4. The van der Waals surface area contributed by atoms with Crippen LogP contribution in [0.2, 0.25) is 0 Å². The Hall–Kier alpha value is 0.710. The molecule has 0 heterocycles. The van der Waals surface area contributed by atoms with Crippen molar-refractivity contribution in [3.05, 3.63) is 11.1 Å². The number of halogens is 7. The molecule has 0 aliphatic heterocycles. The summed E-state index contributed by atoms with van der Waals surface area (Å²) in [6.07, 6.45) is 1.00. The van der Waals surface area contributed by atoms with Crippen LogP contribution >= 0.6 is 81.2 Å². The lowest BCUT2D eigenvalue weighted by atomic mass is 9.31.